The lowest BCUT2D eigenvalue weighted by Crippen LogP contribution is -2.30. The Hall–Kier alpha value is -1.94. The summed E-state index contributed by atoms with van der Waals surface area (Å²) in [6.07, 6.45) is 72.2. The molecule has 0 saturated carbocycles. The molecule has 0 saturated heterocycles. The molecular weight excluding hydrogens is 1440 g/mol. The molecule has 0 rings (SSSR count). The molecule has 4 unspecified atom stereocenters. The van der Waals surface area contributed by atoms with Crippen molar-refractivity contribution in [1.29, 1.82) is 0 Å². The second kappa shape index (κ2) is 80.5. The van der Waals surface area contributed by atoms with Gasteiger partial charge >= 0.3 is 39.5 Å². The van der Waals surface area contributed by atoms with Gasteiger partial charge in [-0.2, -0.15) is 0 Å². The number of phosphoric ester groups is 2. The molecule has 0 radical (unpaired) electrons. The number of ether oxygens (including phenoxy) is 4. The Bertz CT molecular complexity index is 2150. The first-order valence-corrected chi connectivity index (χ1v) is 50.3. The smallest absolute Gasteiger partial charge is 0.462 e. The number of hydrogen-bond acceptors (Lipinski definition) is 15. The molecule has 0 heterocycles. The maximum atomic E-state index is 13.2. The van der Waals surface area contributed by atoms with Gasteiger partial charge in [0.25, 0.3) is 0 Å². The molecule has 0 spiro atoms. The number of hydrogen-bond donors (Lipinski definition) is 3. The van der Waals surface area contributed by atoms with Crippen molar-refractivity contribution in [2.24, 2.45) is 23.7 Å². The Labute approximate surface area is 683 Å². The average Bonchev–Trinajstić information content (AvgIpc) is 0.897. The van der Waals surface area contributed by atoms with E-state index in [0.29, 0.717) is 25.7 Å². The number of unbranched alkanes of at least 4 members (excludes halogenated alkanes) is 53. The molecule has 17 nitrogen and oxygen atoms in total. The van der Waals surface area contributed by atoms with E-state index in [9.17, 15) is 43.2 Å². The second-order valence-electron chi connectivity index (χ2n) is 34.5. The number of carbonyl (C=O) groups excluding carboxylic acids is 4. The molecule has 0 aliphatic rings. The van der Waals surface area contributed by atoms with E-state index in [2.05, 4.69) is 55.4 Å². The highest BCUT2D eigenvalue weighted by Gasteiger charge is 2.31. The molecule has 0 bridgehead atoms. The summed E-state index contributed by atoms with van der Waals surface area (Å²) in [5.74, 6) is 1.16. The van der Waals surface area contributed by atoms with Crippen LogP contribution in [0.1, 0.15) is 486 Å². The third-order valence-corrected chi connectivity index (χ3v) is 24.2. The van der Waals surface area contributed by atoms with Crippen LogP contribution in [0.3, 0.4) is 0 Å². The van der Waals surface area contributed by atoms with E-state index in [1.165, 1.54) is 289 Å². The number of carbonyl (C=O) groups is 4. The van der Waals surface area contributed by atoms with Gasteiger partial charge in [-0.15, -0.1) is 0 Å². The molecule has 7 atom stereocenters. The van der Waals surface area contributed by atoms with E-state index < -0.39 is 97.5 Å². The van der Waals surface area contributed by atoms with E-state index >= 15 is 0 Å². The summed E-state index contributed by atoms with van der Waals surface area (Å²) < 4.78 is 69.1. The maximum absolute atomic E-state index is 13.2. The zero-order valence-corrected chi connectivity index (χ0v) is 75.4. The lowest BCUT2D eigenvalue weighted by molar-refractivity contribution is -0.161. The minimum atomic E-state index is -4.97. The summed E-state index contributed by atoms with van der Waals surface area (Å²) in [4.78, 5) is 73.4. The van der Waals surface area contributed by atoms with Crippen molar-refractivity contribution in [3.8, 4) is 0 Å². The predicted molar refractivity (Wildman–Crippen MR) is 460 cm³/mol. The normalized spacial score (nSPS) is 14.3. The monoisotopic (exact) mass is 1620 g/mol. The SMILES string of the molecule is CCC(C)CCCCCCCCCCCCCCCCCCCCC(=O)OC[C@H](COP(=O)(O)OC[C@@H](O)COP(=O)(O)OC[C@@H](COC(=O)CCCCCCCCCCCC(C)C)OC(=O)CCCCCCCCCCCCCCC(C)C)OC(=O)CCCCCCCCCCCCCCCCCCCCC(C)CC. The van der Waals surface area contributed by atoms with Gasteiger partial charge in [0.15, 0.2) is 12.2 Å². The first kappa shape index (κ1) is 109. The van der Waals surface area contributed by atoms with E-state index in [-0.39, 0.29) is 25.7 Å². The summed E-state index contributed by atoms with van der Waals surface area (Å²) in [5, 5.41) is 10.7. The van der Waals surface area contributed by atoms with Crippen LogP contribution in [0, 0.1) is 23.7 Å². The zero-order chi connectivity index (χ0) is 81.6. The summed E-state index contributed by atoms with van der Waals surface area (Å²) in [6.45, 7) is 14.4. The molecule has 0 fully saturated rings. The van der Waals surface area contributed by atoms with Gasteiger partial charge in [0.1, 0.15) is 19.3 Å². The van der Waals surface area contributed by atoms with Gasteiger partial charge in [0.05, 0.1) is 26.4 Å². The minimum absolute atomic E-state index is 0.107. The molecule has 19 heteroatoms. The van der Waals surface area contributed by atoms with Gasteiger partial charge in [0, 0.05) is 25.7 Å². The Morgan fingerprint density at radius 1 is 0.252 bits per heavy atom. The van der Waals surface area contributed by atoms with Crippen molar-refractivity contribution in [2.75, 3.05) is 39.6 Å². The number of rotatable bonds is 89. The average molecular weight is 1620 g/mol. The van der Waals surface area contributed by atoms with Crippen LogP contribution >= 0.6 is 15.6 Å². The number of phosphoric acid groups is 2. The highest BCUT2D eigenvalue weighted by Crippen LogP contribution is 2.45. The first-order chi connectivity index (χ1) is 53.7. The van der Waals surface area contributed by atoms with Crippen molar-refractivity contribution in [2.45, 2.75) is 504 Å². The zero-order valence-electron chi connectivity index (χ0n) is 73.6. The third-order valence-electron chi connectivity index (χ3n) is 22.3. The molecule has 111 heavy (non-hydrogen) atoms. The van der Waals surface area contributed by atoms with Crippen LogP contribution in [0.2, 0.25) is 0 Å². The van der Waals surface area contributed by atoms with Gasteiger partial charge in [0.2, 0.25) is 0 Å². The number of esters is 4. The maximum Gasteiger partial charge on any atom is 0.472 e. The molecule has 0 aliphatic carbocycles. The fourth-order valence-electron chi connectivity index (χ4n) is 14.3. The highest BCUT2D eigenvalue weighted by molar-refractivity contribution is 7.47. The summed E-state index contributed by atoms with van der Waals surface area (Å²) >= 11 is 0. The summed E-state index contributed by atoms with van der Waals surface area (Å²) in [6, 6.07) is 0. The van der Waals surface area contributed by atoms with E-state index in [4.69, 9.17) is 37.0 Å². The van der Waals surface area contributed by atoms with Crippen molar-refractivity contribution in [1.82, 2.24) is 0 Å². The van der Waals surface area contributed by atoms with Crippen LogP contribution in [0.15, 0.2) is 0 Å². The number of aliphatic hydroxyl groups excluding tert-OH is 1. The topological polar surface area (TPSA) is 237 Å². The first-order valence-electron chi connectivity index (χ1n) is 47.3. The van der Waals surface area contributed by atoms with Crippen LogP contribution in [0.4, 0.5) is 0 Å². The standard InChI is InChI=1S/C92H180O17P2/c1-9-84(7)70-62-54-46-38-30-23-19-15-11-13-17-21-25-32-40-48-56-64-72-89(94)102-78-87(108-91(96)74-66-58-50-41-33-26-22-18-14-12-16-20-24-31-39-47-55-63-71-85(8)10-2)80-106-110(98,99)104-76-86(93)77-105-111(100,101)107-81-88(79-103-90(95)73-65-57-49-43-35-37-45-53-61-69-83(5)6)109-92(97)75-67-59-51-42-34-28-27-29-36-44-52-60-68-82(3)4/h82-88,93H,9-81H2,1-8H3,(H,98,99)(H,100,101)/t84?,85?,86-,87-,88-/m1/s1. The van der Waals surface area contributed by atoms with E-state index in [0.717, 1.165) is 114 Å². The Kier molecular flexibility index (Phi) is 79.1. The summed E-state index contributed by atoms with van der Waals surface area (Å²) in [5.41, 5.74) is 0. The van der Waals surface area contributed by atoms with Crippen molar-refractivity contribution in [3.63, 3.8) is 0 Å². The van der Waals surface area contributed by atoms with E-state index in [1.54, 1.807) is 0 Å². The van der Waals surface area contributed by atoms with Crippen molar-refractivity contribution < 1.29 is 80.2 Å². The Balaban J connectivity index is 5.24. The van der Waals surface area contributed by atoms with Crippen molar-refractivity contribution >= 4 is 39.5 Å². The van der Waals surface area contributed by atoms with Gasteiger partial charge < -0.3 is 33.8 Å². The fourth-order valence-corrected chi connectivity index (χ4v) is 15.9. The van der Waals surface area contributed by atoms with E-state index in [1.807, 2.05) is 0 Å². The van der Waals surface area contributed by atoms with Gasteiger partial charge in [-0.3, -0.25) is 37.3 Å². The Morgan fingerprint density at radius 2 is 0.432 bits per heavy atom. The molecule has 660 valence electrons. The van der Waals surface area contributed by atoms with Gasteiger partial charge in [-0.25, -0.2) is 9.13 Å². The second-order valence-corrected chi connectivity index (χ2v) is 37.4. The van der Waals surface area contributed by atoms with Gasteiger partial charge in [-0.05, 0) is 49.4 Å². The molecule has 0 aromatic rings. The lowest BCUT2D eigenvalue weighted by Gasteiger charge is -2.21. The third kappa shape index (κ3) is 82.9. The molecular formula is C92H180O17P2. The molecule has 0 aromatic heterocycles. The molecule has 3 N–H and O–H groups in total. The minimum Gasteiger partial charge on any atom is -0.462 e. The summed E-state index contributed by atoms with van der Waals surface area (Å²) in [7, 11) is -9.94. The van der Waals surface area contributed by atoms with Crippen LogP contribution in [-0.4, -0.2) is 96.7 Å². The molecule has 0 aromatic carbocycles. The molecule has 0 amide bonds. The van der Waals surface area contributed by atoms with Crippen LogP contribution in [0.25, 0.3) is 0 Å². The highest BCUT2D eigenvalue weighted by atomic mass is 31.2. The van der Waals surface area contributed by atoms with Crippen molar-refractivity contribution in [3.05, 3.63) is 0 Å². The molecule has 0 aliphatic heterocycles. The van der Waals surface area contributed by atoms with Crippen LogP contribution < -0.4 is 0 Å². The van der Waals surface area contributed by atoms with Gasteiger partial charge in [-0.1, -0.05) is 434 Å². The Morgan fingerprint density at radius 3 is 0.640 bits per heavy atom. The largest absolute Gasteiger partial charge is 0.472 e. The lowest BCUT2D eigenvalue weighted by atomic mass is 9.99. The fraction of sp³-hybridized carbons (Fsp3) is 0.957. The number of aliphatic hydroxyl groups is 1. The van der Waals surface area contributed by atoms with Crippen LogP contribution in [0.5, 0.6) is 0 Å². The van der Waals surface area contributed by atoms with Crippen LogP contribution in [-0.2, 0) is 65.4 Å². The quantitative estimate of drug-likeness (QED) is 0.0222. The predicted octanol–water partition coefficient (Wildman–Crippen LogP) is 28.3.